The number of aromatic nitrogens is 3. The highest BCUT2D eigenvalue weighted by atomic mass is 32.2. The molecule has 2 heterocycles. The lowest BCUT2D eigenvalue weighted by Gasteiger charge is -2.13. The molecule has 0 radical (unpaired) electrons. The van der Waals surface area contributed by atoms with E-state index in [1.54, 1.807) is 0 Å². The van der Waals surface area contributed by atoms with Crippen molar-refractivity contribution in [3.63, 3.8) is 0 Å². The van der Waals surface area contributed by atoms with Crippen molar-refractivity contribution in [3.05, 3.63) is 59.6 Å². The fourth-order valence-electron chi connectivity index (χ4n) is 4.15. The number of nitrogens with zero attached hydrogens (tertiary/aromatic N) is 3. The molecular formula is C24H30N6O4S. The number of sulfonamides is 1. The van der Waals surface area contributed by atoms with E-state index in [9.17, 15) is 13.6 Å². The Bertz CT molecular complexity index is 1440. The summed E-state index contributed by atoms with van der Waals surface area (Å²) in [7, 11) is -3.80. The first-order valence-corrected chi connectivity index (χ1v) is 13.2. The van der Waals surface area contributed by atoms with E-state index in [0.29, 0.717) is 24.3 Å². The molecule has 10 nitrogen and oxygen atoms in total. The number of anilines is 1. The molecular weight excluding hydrogens is 468 g/mol. The van der Waals surface area contributed by atoms with Gasteiger partial charge in [-0.05, 0) is 31.4 Å². The Balaban J connectivity index is 1.49. The van der Waals surface area contributed by atoms with Crippen molar-refractivity contribution in [2.75, 3.05) is 12.3 Å². The second-order valence-electron chi connectivity index (χ2n) is 8.43. The maximum atomic E-state index is 12.6. The molecule has 186 valence electrons. The van der Waals surface area contributed by atoms with E-state index in [2.05, 4.69) is 21.2 Å². The average Bonchev–Trinajstić information content (AvgIpc) is 3.22. The second-order valence-corrected chi connectivity index (χ2v) is 10.2. The highest BCUT2D eigenvalue weighted by Gasteiger charge is 2.18. The lowest BCUT2D eigenvalue weighted by molar-refractivity contribution is -0.991. The fraction of sp³-hybridized carbons (Fsp3) is 0.333. The first-order valence-electron chi connectivity index (χ1n) is 11.7. The maximum absolute atomic E-state index is 12.6. The molecule has 0 saturated carbocycles. The summed E-state index contributed by atoms with van der Waals surface area (Å²) in [6.07, 6.45) is 4.19. The first-order chi connectivity index (χ1) is 16.8. The van der Waals surface area contributed by atoms with Crippen LogP contribution in [0.2, 0.25) is 0 Å². The van der Waals surface area contributed by atoms with Gasteiger partial charge in [-0.3, -0.25) is 0 Å². The van der Waals surface area contributed by atoms with Crippen molar-refractivity contribution in [1.82, 2.24) is 19.3 Å². The van der Waals surface area contributed by atoms with Gasteiger partial charge in [0.05, 0.1) is 15.9 Å². The molecule has 1 unspecified atom stereocenters. The van der Waals surface area contributed by atoms with Gasteiger partial charge in [0.2, 0.25) is 10.0 Å². The van der Waals surface area contributed by atoms with Gasteiger partial charge >= 0.3 is 0 Å². The Labute approximate surface area is 204 Å². The van der Waals surface area contributed by atoms with Gasteiger partial charge in [0, 0.05) is 37.0 Å². The van der Waals surface area contributed by atoms with Crippen molar-refractivity contribution in [2.45, 2.75) is 50.5 Å². The number of unbranched alkanes of at least 4 members (excludes halogenated alkanes) is 2. The van der Waals surface area contributed by atoms with Crippen LogP contribution in [0.5, 0.6) is 0 Å². The Morgan fingerprint density at radius 2 is 1.91 bits per heavy atom. The topological polar surface area (TPSA) is 151 Å². The summed E-state index contributed by atoms with van der Waals surface area (Å²) in [6, 6.07) is 13.2. The molecule has 0 spiro atoms. The van der Waals surface area contributed by atoms with Crippen LogP contribution in [0.1, 0.15) is 38.4 Å². The quantitative estimate of drug-likeness (QED) is 0.183. The molecule has 0 bridgehead atoms. The largest absolute Gasteiger partial charge is 0.595 e. The van der Waals surface area contributed by atoms with Gasteiger partial charge in [0.1, 0.15) is 11.3 Å². The van der Waals surface area contributed by atoms with E-state index >= 15 is 0 Å². The molecule has 0 amide bonds. The minimum Gasteiger partial charge on any atom is -0.595 e. The molecule has 35 heavy (non-hydrogen) atoms. The summed E-state index contributed by atoms with van der Waals surface area (Å²) < 4.78 is 29.9. The fourth-order valence-corrected chi connectivity index (χ4v) is 5.27. The Morgan fingerprint density at radius 3 is 2.69 bits per heavy atom. The number of nitrogens with one attached hydrogen (secondary N) is 2. The van der Waals surface area contributed by atoms with Gasteiger partial charge in [0.25, 0.3) is 0 Å². The number of pyridine rings is 1. The molecule has 4 aromatic rings. The van der Waals surface area contributed by atoms with E-state index in [4.69, 9.17) is 15.9 Å². The highest BCUT2D eigenvalue weighted by molar-refractivity contribution is 7.89. The molecule has 2 aromatic carbocycles. The van der Waals surface area contributed by atoms with Crippen molar-refractivity contribution >= 4 is 43.5 Å². The van der Waals surface area contributed by atoms with Crippen LogP contribution < -0.4 is 15.7 Å². The molecule has 0 aliphatic rings. The van der Waals surface area contributed by atoms with Crippen LogP contribution >= 0.6 is 0 Å². The lowest BCUT2D eigenvalue weighted by atomic mass is 10.2. The van der Waals surface area contributed by atoms with Gasteiger partial charge < -0.3 is 15.5 Å². The van der Waals surface area contributed by atoms with Crippen molar-refractivity contribution < 1.29 is 18.9 Å². The third-order valence-electron chi connectivity index (χ3n) is 5.94. The van der Waals surface area contributed by atoms with Crippen LogP contribution in [0.15, 0.2) is 53.4 Å². The van der Waals surface area contributed by atoms with Crippen molar-refractivity contribution in [3.8, 4) is 0 Å². The van der Waals surface area contributed by atoms with E-state index in [1.807, 2.05) is 24.3 Å². The predicted molar refractivity (Wildman–Crippen MR) is 135 cm³/mol. The van der Waals surface area contributed by atoms with Gasteiger partial charge in [-0.2, -0.15) is 5.23 Å². The van der Waals surface area contributed by atoms with Crippen LogP contribution in [0, 0.1) is 5.21 Å². The molecule has 0 saturated heterocycles. The van der Waals surface area contributed by atoms with Crippen LogP contribution in [-0.4, -0.2) is 34.7 Å². The Kier molecular flexibility index (Phi) is 7.63. The van der Waals surface area contributed by atoms with Crippen LogP contribution in [0.4, 0.5) is 11.5 Å². The number of hydrogen-bond donors (Lipinski definition) is 4. The number of hydrogen-bond acceptors (Lipinski definition) is 7. The van der Waals surface area contributed by atoms with Gasteiger partial charge in [0.15, 0.2) is 11.5 Å². The Hall–Kier alpha value is -3.09. The third-order valence-corrected chi connectivity index (χ3v) is 7.39. The molecule has 11 heteroatoms. The number of imidazole rings is 1. The zero-order valence-electron chi connectivity index (χ0n) is 19.6. The summed E-state index contributed by atoms with van der Waals surface area (Å²) in [5, 5.41) is 20.1. The molecule has 5 N–H and O–H groups in total. The summed E-state index contributed by atoms with van der Waals surface area (Å²) in [6.45, 7) is 3.04. The standard InChI is InChI=1S/C24H30N6O4S/c1-2-3-13-21-28-22-23(19-11-4-5-12-20(19)27-24(22)25)29(21)15-7-6-14-26-35(33,34)18-10-8-9-17(16-18)30(31)32/h4-5,8-12,16,26,30-31H,2-3,6-7,13-15H2,1H3,(H2,25,27). The van der Waals surface area contributed by atoms with Crippen molar-refractivity contribution in [2.24, 2.45) is 0 Å². The number of rotatable bonds is 11. The normalized spacial score (nSPS) is 13.0. The van der Waals surface area contributed by atoms with Crippen molar-refractivity contribution in [1.29, 1.82) is 0 Å². The van der Waals surface area contributed by atoms with Crippen LogP contribution in [-0.2, 0) is 23.0 Å². The van der Waals surface area contributed by atoms with Gasteiger partial charge in [-0.15, -0.1) is 0 Å². The average molecular weight is 499 g/mol. The van der Waals surface area contributed by atoms with E-state index in [0.717, 1.165) is 54.0 Å². The number of benzene rings is 2. The van der Waals surface area contributed by atoms with Gasteiger partial charge in [-0.25, -0.2) is 28.3 Å². The minimum absolute atomic E-state index is 0.0608. The maximum Gasteiger partial charge on any atom is 0.240 e. The highest BCUT2D eigenvalue weighted by Crippen LogP contribution is 2.29. The summed E-state index contributed by atoms with van der Waals surface area (Å²) in [5.41, 5.74) is 8.66. The lowest BCUT2D eigenvalue weighted by Crippen LogP contribution is -2.99. The van der Waals surface area contributed by atoms with Gasteiger partial charge in [-0.1, -0.05) is 37.6 Å². The smallest absolute Gasteiger partial charge is 0.240 e. The van der Waals surface area contributed by atoms with E-state index < -0.39 is 15.2 Å². The number of nitrogens with two attached hydrogens (primary N) is 1. The zero-order chi connectivity index (χ0) is 25.0. The molecule has 2 aromatic heterocycles. The number of quaternary nitrogens is 1. The number of fused-ring (bicyclic) bond motifs is 3. The molecule has 0 aliphatic carbocycles. The molecule has 4 rings (SSSR count). The summed E-state index contributed by atoms with van der Waals surface area (Å²) >= 11 is 0. The first kappa shape index (κ1) is 25.0. The SMILES string of the molecule is CCCCc1nc2c(N)nc3ccccc3c2n1CCCCNS(=O)(=O)c1cccc([NH+]([O-])O)c1. The molecule has 1 atom stereocenters. The van der Waals surface area contributed by atoms with E-state index in [1.165, 1.54) is 18.2 Å². The summed E-state index contributed by atoms with van der Waals surface area (Å²) in [5.74, 6) is 1.37. The van der Waals surface area contributed by atoms with Crippen LogP contribution in [0.25, 0.3) is 21.9 Å². The number of nitrogen functional groups attached to an aromatic ring is 1. The van der Waals surface area contributed by atoms with E-state index in [-0.39, 0.29) is 17.1 Å². The monoisotopic (exact) mass is 498 g/mol. The van der Waals surface area contributed by atoms with Crippen LogP contribution in [0.3, 0.4) is 0 Å². The number of para-hydroxylation sites is 1. The molecule has 0 fully saturated rings. The predicted octanol–water partition coefficient (Wildman–Crippen LogP) is 2.67. The Morgan fingerprint density at radius 1 is 1.11 bits per heavy atom. The third kappa shape index (κ3) is 5.44. The summed E-state index contributed by atoms with van der Waals surface area (Å²) in [4.78, 5) is 9.26. The molecule has 0 aliphatic heterocycles. The second kappa shape index (κ2) is 10.7. The number of aryl methyl sites for hydroxylation is 2. The minimum atomic E-state index is -3.80. The zero-order valence-corrected chi connectivity index (χ0v) is 20.4.